The molecule has 3 aromatic carbocycles. The quantitative estimate of drug-likeness (QED) is 0.574. The van der Waals surface area contributed by atoms with Crippen molar-refractivity contribution in [3.05, 3.63) is 101 Å². The van der Waals surface area contributed by atoms with Crippen LogP contribution in [0.4, 0.5) is 5.69 Å². The highest BCUT2D eigenvalue weighted by atomic mass is 32.2. The van der Waals surface area contributed by atoms with Crippen LogP contribution in [0.25, 0.3) is 6.08 Å². The molecule has 0 saturated heterocycles. The lowest BCUT2D eigenvalue weighted by atomic mass is 10.2. The number of anilines is 1. The van der Waals surface area contributed by atoms with E-state index in [0.29, 0.717) is 17.8 Å². The average Bonchev–Trinajstić information content (AvgIpc) is 2.77. The van der Waals surface area contributed by atoms with Crippen molar-refractivity contribution < 1.29 is 17.9 Å². The molecule has 6 nitrogen and oxygen atoms in total. The number of ether oxygens (including phenoxy) is 1. The predicted molar refractivity (Wildman–Crippen MR) is 119 cm³/mol. The van der Waals surface area contributed by atoms with Crippen molar-refractivity contribution in [1.29, 1.82) is 0 Å². The number of rotatable bonds is 8. The van der Waals surface area contributed by atoms with E-state index in [1.807, 2.05) is 54.6 Å². The summed E-state index contributed by atoms with van der Waals surface area (Å²) in [5.41, 5.74) is 2.54. The van der Waals surface area contributed by atoms with Gasteiger partial charge in [0.15, 0.2) is 0 Å². The van der Waals surface area contributed by atoms with Crippen LogP contribution >= 0.6 is 0 Å². The summed E-state index contributed by atoms with van der Waals surface area (Å²) in [6, 6.07) is 22.8. The van der Waals surface area contributed by atoms with Gasteiger partial charge in [0.05, 0.1) is 12.5 Å². The van der Waals surface area contributed by atoms with Crippen molar-refractivity contribution in [2.75, 3.05) is 11.8 Å². The minimum absolute atomic E-state index is 0.246. The van der Waals surface area contributed by atoms with Crippen LogP contribution < -0.4 is 14.8 Å². The lowest BCUT2D eigenvalue weighted by Crippen LogP contribution is -2.22. The third-order valence-corrected chi connectivity index (χ3v) is 5.27. The molecule has 0 heterocycles. The molecule has 0 atom stereocenters. The Morgan fingerprint density at radius 3 is 2.23 bits per heavy atom. The third kappa shape index (κ3) is 6.22. The van der Waals surface area contributed by atoms with E-state index in [1.165, 1.54) is 6.08 Å². The Hall–Kier alpha value is -3.58. The summed E-state index contributed by atoms with van der Waals surface area (Å²) < 4.78 is 32.0. The van der Waals surface area contributed by atoms with E-state index in [9.17, 15) is 13.2 Å². The Kier molecular flexibility index (Phi) is 6.87. The van der Waals surface area contributed by atoms with Crippen molar-refractivity contribution >= 4 is 27.7 Å². The van der Waals surface area contributed by atoms with Crippen molar-refractivity contribution in [3.63, 3.8) is 0 Å². The van der Waals surface area contributed by atoms with Gasteiger partial charge in [-0.25, -0.2) is 8.42 Å². The summed E-state index contributed by atoms with van der Waals surface area (Å²) in [7, 11) is -2.06. The van der Waals surface area contributed by atoms with Gasteiger partial charge in [-0.3, -0.25) is 9.52 Å². The molecule has 0 aliphatic carbocycles. The fourth-order valence-electron chi connectivity index (χ4n) is 2.65. The first kappa shape index (κ1) is 21.1. The third-order valence-electron chi connectivity index (χ3n) is 4.26. The van der Waals surface area contributed by atoms with E-state index in [1.54, 1.807) is 31.4 Å². The first-order valence-corrected chi connectivity index (χ1v) is 10.8. The zero-order chi connectivity index (χ0) is 21.4. The maximum Gasteiger partial charge on any atom is 0.255 e. The van der Waals surface area contributed by atoms with Crippen LogP contribution in [0.2, 0.25) is 0 Å². The number of sulfonamides is 1. The van der Waals surface area contributed by atoms with Gasteiger partial charge in [-0.1, -0.05) is 42.5 Å². The molecule has 2 N–H and O–H groups in total. The van der Waals surface area contributed by atoms with Gasteiger partial charge in [0.2, 0.25) is 0 Å². The van der Waals surface area contributed by atoms with Crippen LogP contribution in [-0.2, 0) is 16.6 Å². The van der Waals surface area contributed by atoms with Crippen molar-refractivity contribution in [2.24, 2.45) is 0 Å². The molecule has 0 saturated carbocycles. The van der Waals surface area contributed by atoms with E-state index in [2.05, 4.69) is 10.0 Å². The molecular formula is C23H22N2O4S. The maximum absolute atomic E-state index is 12.3. The first-order valence-electron chi connectivity index (χ1n) is 9.22. The summed E-state index contributed by atoms with van der Waals surface area (Å²) in [5, 5.41) is 3.94. The molecule has 0 radical (unpaired) electrons. The molecule has 30 heavy (non-hydrogen) atoms. The Balaban J connectivity index is 1.57. The van der Waals surface area contributed by atoms with Crippen LogP contribution in [0.3, 0.4) is 0 Å². The fourth-order valence-corrected chi connectivity index (χ4v) is 3.52. The number of methoxy groups -OCH3 is 1. The number of carbonyl (C=O) groups excluding carboxylic acids is 1. The van der Waals surface area contributed by atoms with Crippen LogP contribution in [0.1, 0.15) is 21.5 Å². The Bertz CT molecular complexity index is 1110. The number of benzene rings is 3. The molecule has 3 aromatic rings. The van der Waals surface area contributed by atoms with Gasteiger partial charge in [-0.05, 0) is 53.6 Å². The van der Waals surface area contributed by atoms with E-state index >= 15 is 0 Å². The lowest BCUT2D eigenvalue weighted by molar-refractivity contribution is 0.0951. The van der Waals surface area contributed by atoms with Gasteiger partial charge < -0.3 is 10.1 Å². The second kappa shape index (κ2) is 9.76. The molecule has 3 rings (SSSR count). The predicted octanol–water partition coefficient (Wildman–Crippen LogP) is 4.04. The molecule has 0 unspecified atom stereocenters. The molecule has 0 aliphatic heterocycles. The Morgan fingerprint density at radius 2 is 1.60 bits per heavy atom. The minimum Gasteiger partial charge on any atom is -0.497 e. The second-order valence-electron chi connectivity index (χ2n) is 6.47. The highest BCUT2D eigenvalue weighted by Gasteiger charge is 2.08. The van der Waals surface area contributed by atoms with E-state index in [4.69, 9.17) is 4.74 Å². The normalized spacial score (nSPS) is 11.2. The number of carbonyl (C=O) groups is 1. The zero-order valence-electron chi connectivity index (χ0n) is 16.4. The van der Waals surface area contributed by atoms with E-state index in [-0.39, 0.29) is 5.91 Å². The summed E-state index contributed by atoms with van der Waals surface area (Å²) in [5.74, 6) is 0.505. The van der Waals surface area contributed by atoms with E-state index < -0.39 is 10.0 Å². The molecule has 154 valence electrons. The largest absolute Gasteiger partial charge is 0.497 e. The Labute approximate surface area is 176 Å². The number of amides is 1. The van der Waals surface area contributed by atoms with Crippen molar-refractivity contribution in [3.8, 4) is 5.75 Å². The maximum atomic E-state index is 12.3. The SMILES string of the molecule is COc1ccc(CNC(=O)c2ccc(NS(=O)(=O)/C=C/c3ccccc3)cc2)cc1. The van der Waals surface area contributed by atoms with Gasteiger partial charge >= 0.3 is 0 Å². The average molecular weight is 423 g/mol. The summed E-state index contributed by atoms with van der Waals surface area (Å²) in [6.45, 7) is 0.376. The first-order chi connectivity index (χ1) is 14.4. The highest BCUT2D eigenvalue weighted by molar-refractivity contribution is 7.95. The van der Waals surface area contributed by atoms with Crippen LogP contribution in [-0.4, -0.2) is 21.4 Å². The zero-order valence-corrected chi connectivity index (χ0v) is 17.2. The smallest absolute Gasteiger partial charge is 0.255 e. The summed E-state index contributed by atoms with van der Waals surface area (Å²) >= 11 is 0. The topological polar surface area (TPSA) is 84.5 Å². The van der Waals surface area contributed by atoms with E-state index in [0.717, 1.165) is 22.3 Å². The Morgan fingerprint density at radius 1 is 0.933 bits per heavy atom. The minimum atomic E-state index is -3.66. The van der Waals surface area contributed by atoms with Gasteiger partial charge in [0, 0.05) is 17.8 Å². The number of hydrogen-bond donors (Lipinski definition) is 2. The van der Waals surface area contributed by atoms with Crippen LogP contribution in [0.15, 0.2) is 84.3 Å². The number of hydrogen-bond acceptors (Lipinski definition) is 4. The molecule has 0 aliphatic rings. The van der Waals surface area contributed by atoms with Gasteiger partial charge in [0.1, 0.15) is 5.75 Å². The molecular weight excluding hydrogens is 400 g/mol. The molecule has 7 heteroatoms. The molecule has 0 spiro atoms. The van der Waals surface area contributed by atoms with Crippen LogP contribution in [0, 0.1) is 0 Å². The monoisotopic (exact) mass is 422 g/mol. The van der Waals surface area contributed by atoms with Crippen molar-refractivity contribution in [2.45, 2.75) is 6.54 Å². The van der Waals surface area contributed by atoms with Crippen LogP contribution in [0.5, 0.6) is 5.75 Å². The van der Waals surface area contributed by atoms with Gasteiger partial charge in [0.25, 0.3) is 15.9 Å². The van der Waals surface area contributed by atoms with Gasteiger partial charge in [-0.2, -0.15) is 0 Å². The molecule has 1 amide bonds. The van der Waals surface area contributed by atoms with Crippen molar-refractivity contribution in [1.82, 2.24) is 5.32 Å². The second-order valence-corrected chi connectivity index (χ2v) is 8.03. The molecule has 0 aromatic heterocycles. The lowest BCUT2D eigenvalue weighted by Gasteiger charge is -2.08. The fraction of sp³-hybridized carbons (Fsp3) is 0.0870. The number of nitrogens with one attached hydrogen (secondary N) is 2. The summed E-state index contributed by atoms with van der Waals surface area (Å²) in [6.07, 6.45) is 1.52. The highest BCUT2D eigenvalue weighted by Crippen LogP contribution is 2.14. The molecule has 0 bridgehead atoms. The summed E-state index contributed by atoms with van der Waals surface area (Å²) in [4.78, 5) is 12.3. The molecule has 0 fully saturated rings. The van der Waals surface area contributed by atoms with Gasteiger partial charge in [-0.15, -0.1) is 0 Å². The standard InChI is InChI=1S/C23H22N2O4S/c1-29-22-13-7-19(8-14-22)17-24-23(26)20-9-11-21(12-10-20)25-30(27,28)16-15-18-5-3-2-4-6-18/h2-16,25H,17H2,1H3,(H,24,26)/b16-15+.